The van der Waals surface area contributed by atoms with E-state index in [-0.39, 0.29) is 23.1 Å². The fraction of sp³-hybridized carbons (Fsp3) is 0.538. The molecule has 2 aliphatic rings. The molecule has 0 aromatic rings. The average Bonchev–Trinajstić information content (AvgIpc) is 2.45. The van der Waals surface area contributed by atoms with Gasteiger partial charge in [0.2, 0.25) is 0 Å². The van der Waals surface area contributed by atoms with Crippen LogP contribution in [0, 0.1) is 0 Å². The molecule has 2 aliphatic heterocycles. The van der Waals surface area contributed by atoms with E-state index in [0.717, 1.165) is 13.0 Å². The first-order valence-corrected chi connectivity index (χ1v) is 8.61. The van der Waals surface area contributed by atoms with Gasteiger partial charge in [-0.15, -0.1) is 4.40 Å². The van der Waals surface area contributed by atoms with Crippen LogP contribution in [0.25, 0.3) is 0 Å². The standard InChI is InChI=1S/C13H20N4O3S/c1-2-5-14-6-7-15-13(18)11-4-3-8-17-9-10-21(19,20)16-12(11)17/h3-4,8,14H,2,5-7,9-10H2,1H3,(H,15,18). The van der Waals surface area contributed by atoms with Crippen LogP contribution < -0.4 is 10.6 Å². The van der Waals surface area contributed by atoms with Crippen molar-refractivity contribution in [2.24, 2.45) is 4.40 Å². The molecule has 116 valence electrons. The first-order valence-electron chi connectivity index (χ1n) is 7.00. The van der Waals surface area contributed by atoms with E-state index in [9.17, 15) is 13.2 Å². The number of nitrogens with one attached hydrogen (secondary N) is 2. The van der Waals surface area contributed by atoms with Crippen molar-refractivity contribution in [3.63, 3.8) is 0 Å². The lowest BCUT2D eigenvalue weighted by atomic mass is 10.1. The zero-order valence-corrected chi connectivity index (χ0v) is 12.8. The summed E-state index contributed by atoms with van der Waals surface area (Å²) in [5, 5.41) is 5.94. The number of amidine groups is 1. The highest BCUT2D eigenvalue weighted by molar-refractivity contribution is 7.90. The topological polar surface area (TPSA) is 90.9 Å². The van der Waals surface area contributed by atoms with Gasteiger partial charge in [0.05, 0.1) is 11.3 Å². The summed E-state index contributed by atoms with van der Waals surface area (Å²) in [6, 6.07) is 0. The number of allylic oxidation sites excluding steroid dienone is 2. The van der Waals surface area contributed by atoms with Gasteiger partial charge in [-0.25, -0.2) is 8.42 Å². The summed E-state index contributed by atoms with van der Waals surface area (Å²) < 4.78 is 26.9. The van der Waals surface area contributed by atoms with E-state index < -0.39 is 10.0 Å². The summed E-state index contributed by atoms with van der Waals surface area (Å²) >= 11 is 0. The second-order valence-electron chi connectivity index (χ2n) is 4.82. The molecule has 7 nitrogen and oxygen atoms in total. The minimum Gasteiger partial charge on any atom is -0.351 e. The van der Waals surface area contributed by atoms with E-state index in [1.807, 2.05) is 0 Å². The van der Waals surface area contributed by atoms with E-state index in [1.54, 1.807) is 23.3 Å². The van der Waals surface area contributed by atoms with Crippen LogP contribution in [-0.2, 0) is 14.8 Å². The smallest absolute Gasteiger partial charge is 0.256 e. The Balaban J connectivity index is 2.01. The Morgan fingerprint density at radius 3 is 2.95 bits per heavy atom. The molecule has 0 fully saturated rings. The SMILES string of the molecule is CCCNCCNC(=O)C1=CC=CN2CCS(=O)(=O)N=C12. The number of hydrogen-bond donors (Lipinski definition) is 2. The van der Waals surface area contributed by atoms with Crippen LogP contribution in [0.15, 0.2) is 28.3 Å². The van der Waals surface area contributed by atoms with Gasteiger partial charge in [0.15, 0.2) is 5.84 Å². The van der Waals surface area contributed by atoms with Crippen molar-refractivity contribution in [1.82, 2.24) is 15.5 Å². The number of hydrogen-bond acceptors (Lipinski definition) is 5. The molecule has 0 bridgehead atoms. The Bertz CT molecular complexity index is 593. The van der Waals surface area contributed by atoms with Gasteiger partial charge in [-0.2, -0.15) is 0 Å². The van der Waals surface area contributed by atoms with E-state index in [4.69, 9.17) is 0 Å². The number of nitrogens with zero attached hydrogens (tertiary/aromatic N) is 2. The van der Waals surface area contributed by atoms with Gasteiger partial charge in [0.1, 0.15) is 0 Å². The highest BCUT2D eigenvalue weighted by atomic mass is 32.2. The molecule has 0 unspecified atom stereocenters. The van der Waals surface area contributed by atoms with E-state index in [2.05, 4.69) is 22.0 Å². The van der Waals surface area contributed by atoms with E-state index >= 15 is 0 Å². The molecule has 0 aromatic carbocycles. The molecule has 2 rings (SSSR count). The van der Waals surface area contributed by atoms with Crippen molar-refractivity contribution in [3.8, 4) is 0 Å². The maximum Gasteiger partial charge on any atom is 0.256 e. The number of carbonyl (C=O) groups is 1. The Hall–Kier alpha value is -1.67. The molecular weight excluding hydrogens is 292 g/mol. The lowest BCUT2D eigenvalue weighted by molar-refractivity contribution is -0.117. The Morgan fingerprint density at radius 2 is 2.19 bits per heavy atom. The van der Waals surface area contributed by atoms with Crippen LogP contribution in [0.4, 0.5) is 0 Å². The van der Waals surface area contributed by atoms with Crippen LogP contribution in [0.3, 0.4) is 0 Å². The largest absolute Gasteiger partial charge is 0.351 e. The summed E-state index contributed by atoms with van der Waals surface area (Å²) in [5.74, 6) is -0.127. The highest BCUT2D eigenvalue weighted by Crippen LogP contribution is 2.17. The van der Waals surface area contributed by atoms with Gasteiger partial charge >= 0.3 is 0 Å². The first-order chi connectivity index (χ1) is 10.0. The van der Waals surface area contributed by atoms with E-state index in [0.29, 0.717) is 19.6 Å². The predicted octanol–water partition coefficient (Wildman–Crippen LogP) is -0.400. The monoisotopic (exact) mass is 312 g/mol. The average molecular weight is 312 g/mol. The van der Waals surface area contributed by atoms with Crippen LogP contribution in [-0.4, -0.2) is 57.0 Å². The van der Waals surface area contributed by atoms with Crippen molar-refractivity contribution >= 4 is 21.8 Å². The van der Waals surface area contributed by atoms with Crippen molar-refractivity contribution in [2.45, 2.75) is 13.3 Å². The lowest BCUT2D eigenvalue weighted by Crippen LogP contribution is -2.43. The highest BCUT2D eigenvalue weighted by Gasteiger charge is 2.29. The Kier molecular flexibility index (Phi) is 5.13. The zero-order valence-electron chi connectivity index (χ0n) is 12.0. The van der Waals surface area contributed by atoms with Crippen LogP contribution in [0.5, 0.6) is 0 Å². The minimum atomic E-state index is -3.47. The second-order valence-corrected chi connectivity index (χ2v) is 6.58. The molecule has 0 atom stereocenters. The molecular formula is C13H20N4O3S. The number of carbonyl (C=O) groups excluding carboxylic acids is 1. The summed E-state index contributed by atoms with van der Waals surface area (Å²) in [6.45, 7) is 4.46. The Labute approximate surface area is 124 Å². The maximum atomic E-state index is 12.2. The normalized spacial score (nSPS) is 19.6. The molecule has 21 heavy (non-hydrogen) atoms. The molecule has 2 heterocycles. The van der Waals surface area contributed by atoms with Crippen molar-refractivity contribution in [3.05, 3.63) is 23.9 Å². The number of sulfonamides is 1. The summed E-state index contributed by atoms with van der Waals surface area (Å²) in [6.07, 6.45) is 6.08. The fourth-order valence-electron chi connectivity index (χ4n) is 2.05. The van der Waals surface area contributed by atoms with Crippen LogP contribution in [0.1, 0.15) is 13.3 Å². The second kappa shape index (κ2) is 6.86. The summed E-state index contributed by atoms with van der Waals surface area (Å²) in [4.78, 5) is 13.8. The molecule has 0 radical (unpaired) electrons. The molecule has 1 amide bonds. The molecule has 0 aliphatic carbocycles. The molecule has 0 saturated carbocycles. The van der Waals surface area contributed by atoms with E-state index in [1.165, 1.54) is 0 Å². The van der Waals surface area contributed by atoms with Gasteiger partial charge in [0, 0.05) is 25.8 Å². The quantitative estimate of drug-likeness (QED) is 0.651. The molecule has 0 spiro atoms. The maximum absolute atomic E-state index is 12.2. The number of amides is 1. The fourth-order valence-corrected chi connectivity index (χ4v) is 3.04. The van der Waals surface area contributed by atoms with Gasteiger partial charge in [0.25, 0.3) is 15.9 Å². The third-order valence-electron chi connectivity index (χ3n) is 3.12. The van der Waals surface area contributed by atoms with Crippen molar-refractivity contribution in [2.75, 3.05) is 31.9 Å². The van der Waals surface area contributed by atoms with Gasteiger partial charge in [-0.05, 0) is 25.1 Å². The van der Waals surface area contributed by atoms with Gasteiger partial charge in [-0.1, -0.05) is 6.92 Å². The molecule has 8 heteroatoms. The van der Waals surface area contributed by atoms with Crippen LogP contribution in [0.2, 0.25) is 0 Å². The number of fused-ring (bicyclic) bond motifs is 1. The van der Waals surface area contributed by atoms with Gasteiger partial charge < -0.3 is 15.5 Å². The lowest BCUT2D eigenvalue weighted by Gasteiger charge is -2.28. The molecule has 0 aromatic heterocycles. The zero-order chi connectivity index (χ0) is 15.3. The number of rotatable bonds is 6. The summed E-state index contributed by atoms with van der Waals surface area (Å²) in [5.41, 5.74) is 0.288. The minimum absolute atomic E-state index is 0.0311. The Morgan fingerprint density at radius 1 is 1.38 bits per heavy atom. The van der Waals surface area contributed by atoms with Gasteiger partial charge in [-0.3, -0.25) is 4.79 Å². The predicted molar refractivity (Wildman–Crippen MR) is 81.3 cm³/mol. The third-order valence-corrected chi connectivity index (χ3v) is 4.27. The molecule has 2 N–H and O–H groups in total. The van der Waals surface area contributed by atoms with Crippen molar-refractivity contribution in [1.29, 1.82) is 0 Å². The van der Waals surface area contributed by atoms with Crippen molar-refractivity contribution < 1.29 is 13.2 Å². The first kappa shape index (κ1) is 15.7. The van der Waals surface area contributed by atoms with Crippen LogP contribution >= 0.6 is 0 Å². The third kappa shape index (κ3) is 4.15. The molecule has 0 saturated heterocycles. The summed E-state index contributed by atoms with van der Waals surface area (Å²) in [7, 11) is -3.47.